The Kier molecular flexibility index (Phi) is 6.53. The number of rotatable bonds is 7. The molecular formula is C48H32N2. The van der Waals surface area contributed by atoms with E-state index in [0.717, 1.165) is 22.7 Å². The van der Waals surface area contributed by atoms with E-state index in [0.29, 0.717) is 0 Å². The van der Waals surface area contributed by atoms with Crippen LogP contribution in [-0.4, -0.2) is 0 Å². The van der Waals surface area contributed by atoms with E-state index >= 15 is 0 Å². The lowest BCUT2D eigenvalue weighted by atomic mass is 10.00. The van der Waals surface area contributed by atoms with Crippen molar-refractivity contribution >= 4 is 80.0 Å². The second-order valence-corrected chi connectivity index (χ2v) is 13.0. The Morgan fingerprint density at radius 3 is 1.10 bits per heavy atom. The molecule has 0 radical (unpaired) electrons. The van der Waals surface area contributed by atoms with Gasteiger partial charge in [-0.15, -0.1) is 0 Å². The lowest BCUT2D eigenvalue weighted by molar-refractivity contribution is 1.28. The van der Waals surface area contributed by atoms with Crippen LogP contribution in [0.15, 0.2) is 170 Å². The molecule has 0 unspecified atom stereocenters. The van der Waals surface area contributed by atoms with Gasteiger partial charge in [-0.3, -0.25) is 0 Å². The van der Waals surface area contributed by atoms with E-state index in [1.807, 2.05) is 0 Å². The fourth-order valence-electron chi connectivity index (χ4n) is 7.82. The highest BCUT2D eigenvalue weighted by molar-refractivity contribution is 6.10. The summed E-state index contributed by atoms with van der Waals surface area (Å²) < 4.78 is 0. The van der Waals surface area contributed by atoms with Crippen LogP contribution in [0, 0.1) is 0 Å². The van der Waals surface area contributed by atoms with Crippen LogP contribution in [0.3, 0.4) is 0 Å². The molecule has 0 N–H and O–H groups in total. The molecule has 10 rings (SSSR count). The fraction of sp³-hybridized carbons (Fsp3) is 0. The molecule has 0 spiro atoms. The summed E-state index contributed by atoms with van der Waals surface area (Å²) in [6, 6.07) is 61.4. The molecule has 2 aliphatic rings. The molecule has 0 amide bonds. The quantitative estimate of drug-likeness (QED) is 0.172. The molecule has 2 nitrogen and oxygen atoms in total. The standard InChI is InChI=1S/C48H32N2/c1-3-13-39(14-4-1)49(45-31-23-37-11-7-9-35-21-29-43(45)47(35)37)41-25-17-33(18-26-41)34-19-27-42(28-20-34)50(40-15-5-2-6-16-40)46-32-24-38-12-8-10-36-22-30-44(46)48(36)38/h1-32H. The van der Waals surface area contributed by atoms with E-state index < -0.39 is 0 Å². The van der Waals surface area contributed by atoms with Gasteiger partial charge in [0.2, 0.25) is 0 Å². The molecule has 0 aliphatic heterocycles. The van der Waals surface area contributed by atoms with Gasteiger partial charge in [-0.1, -0.05) is 133 Å². The van der Waals surface area contributed by atoms with Gasteiger partial charge < -0.3 is 9.80 Å². The van der Waals surface area contributed by atoms with Crippen molar-refractivity contribution in [3.63, 3.8) is 0 Å². The number of hydrogen-bond donors (Lipinski definition) is 0. The molecule has 2 aliphatic carbocycles. The van der Waals surface area contributed by atoms with Crippen LogP contribution in [-0.2, 0) is 0 Å². The average molecular weight is 637 g/mol. The number of benzene rings is 8. The van der Waals surface area contributed by atoms with Gasteiger partial charge in [-0.2, -0.15) is 0 Å². The molecule has 0 saturated heterocycles. The van der Waals surface area contributed by atoms with Gasteiger partial charge in [-0.25, -0.2) is 0 Å². The predicted molar refractivity (Wildman–Crippen MR) is 214 cm³/mol. The summed E-state index contributed by atoms with van der Waals surface area (Å²) in [6.45, 7) is 0. The van der Waals surface area contributed by atoms with E-state index in [2.05, 4.69) is 204 Å². The maximum atomic E-state index is 2.37. The van der Waals surface area contributed by atoms with Gasteiger partial charge >= 0.3 is 0 Å². The summed E-state index contributed by atoms with van der Waals surface area (Å²) in [5, 5.41) is 5.19. The Hall–Kier alpha value is -6.64. The first kappa shape index (κ1) is 28.4. The summed E-state index contributed by atoms with van der Waals surface area (Å²) in [6.07, 6.45) is 8.99. The molecule has 234 valence electrons. The molecule has 0 saturated carbocycles. The number of para-hydroxylation sites is 2. The summed E-state index contributed by atoms with van der Waals surface area (Å²) in [4.78, 5) is 4.75. The molecule has 2 heteroatoms. The molecule has 8 aromatic rings. The largest absolute Gasteiger partial charge is 0.310 e. The van der Waals surface area contributed by atoms with Gasteiger partial charge in [-0.05, 0) is 104 Å². The molecule has 8 aromatic carbocycles. The predicted octanol–water partition coefficient (Wildman–Crippen LogP) is 13.6. The summed E-state index contributed by atoms with van der Waals surface area (Å²) >= 11 is 0. The topological polar surface area (TPSA) is 6.48 Å². The second kappa shape index (κ2) is 11.5. The summed E-state index contributed by atoms with van der Waals surface area (Å²) in [5.74, 6) is 0. The van der Waals surface area contributed by atoms with Crippen LogP contribution in [0.25, 0.3) is 57.0 Å². The zero-order valence-electron chi connectivity index (χ0n) is 27.4. The van der Waals surface area contributed by atoms with Crippen molar-refractivity contribution in [1.29, 1.82) is 0 Å². The van der Waals surface area contributed by atoms with Gasteiger partial charge in [0.1, 0.15) is 0 Å². The maximum absolute atomic E-state index is 2.37. The smallest absolute Gasteiger partial charge is 0.0540 e. The van der Waals surface area contributed by atoms with Gasteiger partial charge in [0.05, 0.1) is 11.4 Å². The normalized spacial score (nSPS) is 12.2. The molecule has 0 bridgehead atoms. The highest BCUT2D eigenvalue weighted by Crippen LogP contribution is 2.45. The van der Waals surface area contributed by atoms with Crippen LogP contribution in [0.4, 0.5) is 34.1 Å². The molecule has 0 heterocycles. The van der Waals surface area contributed by atoms with Crippen molar-refractivity contribution in [3.05, 3.63) is 192 Å². The van der Waals surface area contributed by atoms with Crippen LogP contribution in [0.5, 0.6) is 0 Å². The fourth-order valence-corrected chi connectivity index (χ4v) is 7.82. The SMILES string of the molecule is C1=Cc2c(N(c3ccccc3)c3ccc(-c4ccc(N(c5ccccc5)c5ccc6cccc7c6c5C=C7)cc4)cc3)ccc3cccc1c23. The zero-order valence-corrected chi connectivity index (χ0v) is 27.4. The minimum absolute atomic E-state index is 1.13. The van der Waals surface area contributed by atoms with Crippen LogP contribution in [0.2, 0.25) is 0 Å². The van der Waals surface area contributed by atoms with Crippen LogP contribution < -0.4 is 9.80 Å². The van der Waals surface area contributed by atoms with E-state index in [4.69, 9.17) is 0 Å². The second-order valence-electron chi connectivity index (χ2n) is 13.0. The third-order valence-electron chi connectivity index (χ3n) is 10.1. The van der Waals surface area contributed by atoms with Crippen molar-refractivity contribution in [2.24, 2.45) is 0 Å². The first-order valence-corrected chi connectivity index (χ1v) is 17.2. The highest BCUT2D eigenvalue weighted by Gasteiger charge is 2.22. The average Bonchev–Trinajstić information content (AvgIpc) is 3.83. The maximum Gasteiger partial charge on any atom is 0.0540 e. The Morgan fingerprint density at radius 2 is 0.680 bits per heavy atom. The number of hydrogen-bond acceptors (Lipinski definition) is 2. The van der Waals surface area contributed by atoms with Crippen molar-refractivity contribution < 1.29 is 0 Å². The Labute approximate surface area is 292 Å². The third-order valence-corrected chi connectivity index (χ3v) is 10.1. The molecule has 0 aromatic heterocycles. The van der Waals surface area contributed by atoms with E-state index in [-0.39, 0.29) is 0 Å². The zero-order chi connectivity index (χ0) is 33.0. The van der Waals surface area contributed by atoms with Gasteiger partial charge in [0.25, 0.3) is 0 Å². The highest BCUT2D eigenvalue weighted by atomic mass is 15.1. The first-order chi connectivity index (χ1) is 24.8. The van der Waals surface area contributed by atoms with E-state index in [1.165, 1.54) is 66.3 Å². The van der Waals surface area contributed by atoms with Gasteiger partial charge in [0, 0.05) is 33.9 Å². The minimum Gasteiger partial charge on any atom is -0.310 e. The van der Waals surface area contributed by atoms with Crippen LogP contribution >= 0.6 is 0 Å². The van der Waals surface area contributed by atoms with Crippen LogP contribution in [0.1, 0.15) is 22.3 Å². The monoisotopic (exact) mass is 636 g/mol. The first-order valence-electron chi connectivity index (χ1n) is 17.2. The number of anilines is 6. The van der Waals surface area contributed by atoms with Gasteiger partial charge in [0.15, 0.2) is 0 Å². The van der Waals surface area contributed by atoms with Crippen molar-refractivity contribution in [3.8, 4) is 11.1 Å². The number of nitrogens with zero attached hydrogens (tertiary/aromatic N) is 2. The summed E-state index contributed by atoms with van der Waals surface area (Å²) in [7, 11) is 0. The lowest BCUT2D eigenvalue weighted by Crippen LogP contribution is -2.11. The molecule has 0 atom stereocenters. The van der Waals surface area contributed by atoms with Crippen molar-refractivity contribution in [1.82, 2.24) is 0 Å². The van der Waals surface area contributed by atoms with Crippen molar-refractivity contribution in [2.75, 3.05) is 9.80 Å². The lowest BCUT2D eigenvalue weighted by Gasteiger charge is -2.28. The minimum atomic E-state index is 1.13. The van der Waals surface area contributed by atoms with E-state index in [1.54, 1.807) is 0 Å². The van der Waals surface area contributed by atoms with Crippen molar-refractivity contribution in [2.45, 2.75) is 0 Å². The Balaban J connectivity index is 1.02. The Bertz CT molecular complexity index is 2430. The summed E-state index contributed by atoms with van der Waals surface area (Å²) in [5.41, 5.74) is 14.3. The molecule has 50 heavy (non-hydrogen) atoms. The third kappa shape index (κ3) is 4.57. The molecule has 0 fully saturated rings. The Morgan fingerprint density at radius 1 is 0.280 bits per heavy atom. The van der Waals surface area contributed by atoms with E-state index in [9.17, 15) is 0 Å². The molecular weight excluding hydrogens is 605 g/mol.